The lowest BCUT2D eigenvalue weighted by Gasteiger charge is -2.33. The van der Waals surface area contributed by atoms with Crippen LogP contribution in [0.25, 0.3) is 0 Å². The standard InChI is InChI=1S/C21H24N2O2/c1-15-11-19(7-8-22-15)20-14-23(9-10-25-20)21(24)13-16-5-6-17-3-2-4-18(17)12-16/h5-8,11-12,20H,2-4,9-10,13-14H2,1H3/t20-/m1/s1. The van der Waals surface area contributed by atoms with E-state index in [0.717, 1.165) is 23.2 Å². The lowest BCUT2D eigenvalue weighted by Crippen LogP contribution is -2.43. The summed E-state index contributed by atoms with van der Waals surface area (Å²) >= 11 is 0. The van der Waals surface area contributed by atoms with Gasteiger partial charge >= 0.3 is 0 Å². The minimum absolute atomic E-state index is 0.0561. The lowest BCUT2D eigenvalue weighted by atomic mass is 10.0. The molecule has 2 aliphatic rings. The van der Waals surface area contributed by atoms with Crippen LogP contribution in [0.5, 0.6) is 0 Å². The van der Waals surface area contributed by atoms with Gasteiger partial charge in [0.05, 0.1) is 19.6 Å². The van der Waals surface area contributed by atoms with Gasteiger partial charge in [-0.25, -0.2) is 0 Å². The number of hydrogen-bond acceptors (Lipinski definition) is 3. The quantitative estimate of drug-likeness (QED) is 0.865. The Morgan fingerprint density at radius 3 is 3.00 bits per heavy atom. The first-order chi connectivity index (χ1) is 12.2. The number of rotatable bonds is 3. The highest BCUT2D eigenvalue weighted by Gasteiger charge is 2.25. The van der Waals surface area contributed by atoms with E-state index in [1.165, 1.54) is 24.0 Å². The Labute approximate surface area is 148 Å². The summed E-state index contributed by atoms with van der Waals surface area (Å²) in [6.07, 6.45) is 5.80. The summed E-state index contributed by atoms with van der Waals surface area (Å²) in [7, 11) is 0. The van der Waals surface area contributed by atoms with E-state index >= 15 is 0 Å². The summed E-state index contributed by atoms with van der Waals surface area (Å²) in [5.41, 5.74) is 6.09. The normalized spacial score (nSPS) is 19.7. The number of hydrogen-bond donors (Lipinski definition) is 0. The van der Waals surface area contributed by atoms with Gasteiger partial charge < -0.3 is 9.64 Å². The molecule has 2 aromatic rings. The maximum absolute atomic E-state index is 12.8. The second kappa shape index (κ2) is 6.96. The molecule has 0 N–H and O–H groups in total. The van der Waals surface area contributed by atoms with Crippen molar-refractivity contribution in [3.63, 3.8) is 0 Å². The average molecular weight is 336 g/mol. The summed E-state index contributed by atoms with van der Waals surface area (Å²) in [4.78, 5) is 18.9. The first-order valence-electron chi connectivity index (χ1n) is 9.11. The van der Waals surface area contributed by atoms with Crippen LogP contribution in [0.2, 0.25) is 0 Å². The van der Waals surface area contributed by atoms with Crippen LogP contribution in [0.4, 0.5) is 0 Å². The number of fused-ring (bicyclic) bond motifs is 1. The van der Waals surface area contributed by atoms with E-state index in [-0.39, 0.29) is 12.0 Å². The average Bonchev–Trinajstić information content (AvgIpc) is 3.09. The van der Waals surface area contributed by atoms with Gasteiger partial charge in [-0.15, -0.1) is 0 Å². The molecule has 0 unspecified atom stereocenters. The maximum Gasteiger partial charge on any atom is 0.227 e. The fourth-order valence-electron chi connectivity index (χ4n) is 3.87. The number of morpholine rings is 1. The lowest BCUT2D eigenvalue weighted by molar-refractivity contribution is -0.138. The van der Waals surface area contributed by atoms with Crippen molar-refractivity contribution in [2.24, 2.45) is 0 Å². The molecule has 1 saturated heterocycles. The summed E-state index contributed by atoms with van der Waals surface area (Å²) in [6, 6.07) is 10.6. The van der Waals surface area contributed by atoms with Crippen LogP contribution in [0, 0.1) is 6.92 Å². The molecular formula is C21H24N2O2. The number of amides is 1. The molecule has 2 heterocycles. The third kappa shape index (κ3) is 3.59. The Balaban J connectivity index is 1.43. The molecule has 1 aliphatic carbocycles. The van der Waals surface area contributed by atoms with E-state index in [2.05, 4.69) is 23.2 Å². The second-order valence-corrected chi connectivity index (χ2v) is 7.06. The first-order valence-corrected chi connectivity index (χ1v) is 9.11. The van der Waals surface area contributed by atoms with Crippen molar-refractivity contribution in [1.29, 1.82) is 0 Å². The highest BCUT2D eigenvalue weighted by atomic mass is 16.5. The van der Waals surface area contributed by atoms with Gasteiger partial charge in [0.1, 0.15) is 6.10 Å². The van der Waals surface area contributed by atoms with Crippen LogP contribution < -0.4 is 0 Å². The maximum atomic E-state index is 12.8. The van der Waals surface area contributed by atoms with Crippen LogP contribution in [0.1, 0.15) is 40.5 Å². The largest absolute Gasteiger partial charge is 0.370 e. The van der Waals surface area contributed by atoms with E-state index in [9.17, 15) is 4.79 Å². The summed E-state index contributed by atoms with van der Waals surface area (Å²) < 4.78 is 5.89. The van der Waals surface area contributed by atoms with Gasteiger partial charge in [0, 0.05) is 18.4 Å². The van der Waals surface area contributed by atoms with E-state index in [1.807, 2.05) is 24.0 Å². The molecule has 1 atom stereocenters. The molecule has 0 saturated carbocycles. The summed E-state index contributed by atoms with van der Waals surface area (Å²) in [5.74, 6) is 0.192. The van der Waals surface area contributed by atoms with E-state index in [4.69, 9.17) is 4.74 Å². The number of nitrogens with zero attached hydrogens (tertiary/aromatic N) is 2. The van der Waals surface area contributed by atoms with E-state index in [0.29, 0.717) is 26.1 Å². The zero-order chi connectivity index (χ0) is 17.2. The van der Waals surface area contributed by atoms with Crippen molar-refractivity contribution in [1.82, 2.24) is 9.88 Å². The highest BCUT2D eigenvalue weighted by molar-refractivity contribution is 5.79. The molecule has 0 bridgehead atoms. The molecule has 1 amide bonds. The number of pyridine rings is 1. The zero-order valence-corrected chi connectivity index (χ0v) is 14.7. The van der Waals surface area contributed by atoms with Crippen LogP contribution >= 0.6 is 0 Å². The minimum Gasteiger partial charge on any atom is -0.370 e. The third-order valence-electron chi connectivity index (χ3n) is 5.23. The third-order valence-corrected chi connectivity index (χ3v) is 5.23. The second-order valence-electron chi connectivity index (χ2n) is 7.06. The van der Waals surface area contributed by atoms with Crippen molar-refractivity contribution in [2.75, 3.05) is 19.7 Å². The number of benzene rings is 1. The van der Waals surface area contributed by atoms with Gasteiger partial charge in [-0.2, -0.15) is 0 Å². The smallest absolute Gasteiger partial charge is 0.227 e. The van der Waals surface area contributed by atoms with Crippen LogP contribution in [-0.2, 0) is 28.8 Å². The molecular weight excluding hydrogens is 312 g/mol. The fourth-order valence-corrected chi connectivity index (χ4v) is 3.87. The Morgan fingerprint density at radius 2 is 2.12 bits per heavy atom. The van der Waals surface area contributed by atoms with Crippen molar-refractivity contribution in [3.8, 4) is 0 Å². The first kappa shape index (κ1) is 16.3. The summed E-state index contributed by atoms with van der Waals surface area (Å²) in [6.45, 7) is 3.85. The Morgan fingerprint density at radius 1 is 1.24 bits per heavy atom. The predicted octanol–water partition coefficient (Wildman–Crippen LogP) is 3.02. The van der Waals surface area contributed by atoms with Crippen molar-refractivity contribution in [3.05, 3.63) is 64.5 Å². The molecule has 1 aromatic carbocycles. The van der Waals surface area contributed by atoms with Gasteiger partial charge in [0.25, 0.3) is 0 Å². The SMILES string of the molecule is Cc1cc([C@H]2CN(C(=O)Cc3ccc4c(c3)CCC4)CCO2)ccn1. The van der Waals surface area contributed by atoms with E-state index in [1.54, 1.807) is 6.20 Å². The minimum atomic E-state index is -0.0561. The molecule has 1 aliphatic heterocycles. The zero-order valence-electron chi connectivity index (χ0n) is 14.7. The molecule has 25 heavy (non-hydrogen) atoms. The van der Waals surface area contributed by atoms with Gasteiger partial charge in [-0.3, -0.25) is 9.78 Å². The van der Waals surface area contributed by atoms with Crippen molar-refractivity contribution < 1.29 is 9.53 Å². The molecule has 4 rings (SSSR count). The van der Waals surface area contributed by atoms with Crippen molar-refractivity contribution >= 4 is 5.91 Å². The molecule has 0 spiro atoms. The highest BCUT2D eigenvalue weighted by Crippen LogP contribution is 2.25. The Bertz CT molecular complexity index is 787. The fraction of sp³-hybridized carbons (Fsp3) is 0.429. The van der Waals surface area contributed by atoms with Crippen LogP contribution in [-0.4, -0.2) is 35.5 Å². The van der Waals surface area contributed by atoms with Gasteiger partial charge in [0.2, 0.25) is 5.91 Å². The molecule has 130 valence electrons. The number of aromatic nitrogens is 1. The molecule has 0 radical (unpaired) electrons. The van der Waals surface area contributed by atoms with E-state index < -0.39 is 0 Å². The number of aryl methyl sites for hydroxylation is 3. The van der Waals surface area contributed by atoms with Crippen LogP contribution in [0.15, 0.2) is 36.5 Å². The molecule has 1 fully saturated rings. The molecule has 1 aromatic heterocycles. The van der Waals surface area contributed by atoms with Gasteiger partial charge in [0.15, 0.2) is 0 Å². The Hall–Kier alpha value is -2.20. The summed E-state index contributed by atoms with van der Waals surface area (Å²) in [5, 5.41) is 0. The van der Waals surface area contributed by atoms with Crippen molar-refractivity contribution in [2.45, 2.75) is 38.7 Å². The predicted molar refractivity (Wildman–Crippen MR) is 96.4 cm³/mol. The monoisotopic (exact) mass is 336 g/mol. The number of carbonyl (C=O) groups is 1. The molecule has 4 heteroatoms. The Kier molecular flexibility index (Phi) is 4.53. The van der Waals surface area contributed by atoms with Gasteiger partial charge in [-0.05, 0) is 60.6 Å². The number of carbonyl (C=O) groups excluding carboxylic acids is 1. The molecule has 4 nitrogen and oxygen atoms in total. The number of ether oxygens (including phenoxy) is 1. The topological polar surface area (TPSA) is 42.4 Å². The van der Waals surface area contributed by atoms with Crippen LogP contribution in [0.3, 0.4) is 0 Å². The van der Waals surface area contributed by atoms with Gasteiger partial charge in [-0.1, -0.05) is 18.2 Å².